The zero-order chi connectivity index (χ0) is 14.7. The van der Waals surface area contributed by atoms with Crippen molar-refractivity contribution in [2.24, 2.45) is 0 Å². The smallest absolute Gasteiger partial charge is 0.235 e. The van der Waals surface area contributed by atoms with E-state index in [1.807, 2.05) is 0 Å². The highest BCUT2D eigenvalue weighted by Crippen LogP contribution is 2.41. The summed E-state index contributed by atoms with van der Waals surface area (Å²) in [4.78, 5) is 14.4. The quantitative estimate of drug-likeness (QED) is 0.359. The molecule has 0 saturated heterocycles. The third kappa shape index (κ3) is 3.18. The monoisotopic (exact) mass is 334 g/mol. The van der Waals surface area contributed by atoms with Gasteiger partial charge in [0.05, 0.1) is 19.5 Å². The number of nitrogens with zero attached hydrogens (tertiary/aromatic N) is 2. The Kier molecular flexibility index (Phi) is 4.77. The molecule has 0 bridgehead atoms. The Labute approximate surface area is 127 Å². The van der Waals surface area contributed by atoms with Crippen LogP contribution >= 0.6 is 34.5 Å². The lowest BCUT2D eigenvalue weighted by molar-refractivity contribution is -0.400. The van der Waals surface area contributed by atoms with E-state index in [0.29, 0.717) is 25.9 Å². The Bertz CT molecular complexity index is 687. The Morgan fingerprint density at radius 1 is 1.55 bits per heavy atom. The summed E-state index contributed by atoms with van der Waals surface area (Å²) >= 11 is 13.3. The first-order valence-corrected chi connectivity index (χ1v) is 6.82. The predicted molar refractivity (Wildman–Crippen MR) is 78.2 cm³/mol. The number of halogens is 2. The number of hydrogen-bond acceptors (Lipinski definition) is 6. The molecule has 0 fully saturated rings. The standard InChI is InChI=1S/C11H8Cl2N2O4S/c1-18-5-19-6-4-8(12)14-10-9(13)7(20-11(6)10)2-3-15(16)17/h2-4H,5H2,1H3/b3-2+. The molecule has 0 aliphatic rings. The van der Waals surface area contributed by atoms with Crippen LogP contribution in [0, 0.1) is 10.1 Å². The lowest BCUT2D eigenvalue weighted by Gasteiger charge is -2.05. The first kappa shape index (κ1) is 15.0. The van der Waals surface area contributed by atoms with Gasteiger partial charge < -0.3 is 9.47 Å². The second-order valence-electron chi connectivity index (χ2n) is 3.55. The highest BCUT2D eigenvalue weighted by Gasteiger charge is 2.16. The second kappa shape index (κ2) is 6.36. The van der Waals surface area contributed by atoms with Crippen LogP contribution in [0.3, 0.4) is 0 Å². The molecule has 2 aromatic heterocycles. The van der Waals surface area contributed by atoms with Gasteiger partial charge in [0.25, 0.3) is 0 Å². The molecule has 6 nitrogen and oxygen atoms in total. The summed E-state index contributed by atoms with van der Waals surface area (Å²) in [6.07, 6.45) is 2.12. The van der Waals surface area contributed by atoms with Crippen LogP contribution in [-0.2, 0) is 4.74 Å². The van der Waals surface area contributed by atoms with Gasteiger partial charge in [-0.05, 0) is 0 Å². The molecule has 0 N–H and O–H groups in total. The molecule has 0 amide bonds. The molecule has 0 aliphatic heterocycles. The molecule has 2 rings (SSSR count). The predicted octanol–water partition coefficient (Wildman–Crippen LogP) is 3.83. The van der Waals surface area contributed by atoms with Crippen LogP contribution in [0.4, 0.5) is 0 Å². The van der Waals surface area contributed by atoms with E-state index in [0.717, 1.165) is 6.20 Å². The number of aromatic nitrogens is 1. The topological polar surface area (TPSA) is 74.5 Å². The normalized spacial score (nSPS) is 11.3. The van der Waals surface area contributed by atoms with Gasteiger partial charge in [0.2, 0.25) is 6.20 Å². The van der Waals surface area contributed by atoms with Gasteiger partial charge in [-0.25, -0.2) is 4.98 Å². The van der Waals surface area contributed by atoms with Crippen molar-refractivity contribution in [1.82, 2.24) is 4.98 Å². The van der Waals surface area contributed by atoms with Crippen LogP contribution in [0.1, 0.15) is 4.88 Å². The molecular formula is C11H8Cl2N2O4S. The van der Waals surface area contributed by atoms with E-state index in [-0.39, 0.29) is 11.9 Å². The molecule has 0 spiro atoms. The highest BCUT2D eigenvalue weighted by atomic mass is 35.5. The summed E-state index contributed by atoms with van der Waals surface area (Å²) in [5.41, 5.74) is 0.443. The number of fused-ring (bicyclic) bond motifs is 1. The largest absolute Gasteiger partial charge is 0.466 e. The average molecular weight is 335 g/mol. The Balaban J connectivity index is 2.54. The van der Waals surface area contributed by atoms with Gasteiger partial charge in [-0.3, -0.25) is 10.1 Å². The number of ether oxygens (including phenoxy) is 2. The van der Waals surface area contributed by atoms with Crippen molar-refractivity contribution < 1.29 is 14.4 Å². The van der Waals surface area contributed by atoms with Crippen molar-refractivity contribution in [2.75, 3.05) is 13.9 Å². The molecule has 9 heteroatoms. The summed E-state index contributed by atoms with van der Waals surface area (Å²) in [5.74, 6) is 0.467. The lowest BCUT2D eigenvalue weighted by Crippen LogP contribution is -1.99. The second-order valence-corrected chi connectivity index (χ2v) is 5.37. The summed E-state index contributed by atoms with van der Waals surface area (Å²) in [6.45, 7) is 0.0467. The maximum atomic E-state index is 10.4. The molecule has 0 aromatic carbocycles. The first-order valence-electron chi connectivity index (χ1n) is 5.25. The van der Waals surface area contributed by atoms with E-state index in [9.17, 15) is 10.1 Å². The molecule has 106 valence electrons. The zero-order valence-electron chi connectivity index (χ0n) is 10.1. The van der Waals surface area contributed by atoms with Gasteiger partial charge in [-0.2, -0.15) is 0 Å². The van der Waals surface area contributed by atoms with Crippen LogP contribution in [0.2, 0.25) is 10.2 Å². The van der Waals surface area contributed by atoms with Gasteiger partial charge in [0.15, 0.2) is 6.79 Å². The van der Waals surface area contributed by atoms with Crippen molar-refractivity contribution in [3.8, 4) is 5.75 Å². The molecule has 0 aliphatic carbocycles. The fraction of sp³-hybridized carbons (Fsp3) is 0.182. The van der Waals surface area contributed by atoms with Gasteiger partial charge in [0.1, 0.15) is 16.4 Å². The third-order valence-electron chi connectivity index (χ3n) is 2.22. The Morgan fingerprint density at radius 2 is 2.30 bits per heavy atom. The number of rotatable bonds is 5. The van der Waals surface area contributed by atoms with Crippen molar-refractivity contribution in [2.45, 2.75) is 0 Å². The van der Waals surface area contributed by atoms with Gasteiger partial charge in [-0.15, -0.1) is 11.3 Å². The van der Waals surface area contributed by atoms with E-state index >= 15 is 0 Å². The third-order valence-corrected chi connectivity index (χ3v) is 4.07. The van der Waals surface area contributed by atoms with E-state index in [1.54, 1.807) is 0 Å². The van der Waals surface area contributed by atoms with Crippen molar-refractivity contribution in [3.63, 3.8) is 0 Å². The fourth-order valence-electron chi connectivity index (χ4n) is 1.46. The molecule has 0 radical (unpaired) electrons. The zero-order valence-corrected chi connectivity index (χ0v) is 12.5. The summed E-state index contributed by atoms with van der Waals surface area (Å²) in [6, 6.07) is 1.54. The minimum Gasteiger partial charge on any atom is -0.466 e. The SMILES string of the molecule is COCOc1cc(Cl)nc2c(Cl)c(/C=C/[N+](=O)[O-])sc12. The molecule has 20 heavy (non-hydrogen) atoms. The summed E-state index contributed by atoms with van der Waals surface area (Å²) in [5, 5.41) is 10.9. The summed E-state index contributed by atoms with van der Waals surface area (Å²) in [7, 11) is 1.49. The molecule has 0 saturated carbocycles. The molecule has 2 aromatic rings. The van der Waals surface area contributed by atoms with E-state index in [4.69, 9.17) is 32.7 Å². The van der Waals surface area contributed by atoms with Crippen molar-refractivity contribution in [3.05, 3.63) is 37.4 Å². The average Bonchev–Trinajstić information content (AvgIpc) is 2.71. The fourth-order valence-corrected chi connectivity index (χ4v) is 3.02. The van der Waals surface area contributed by atoms with Crippen LogP contribution in [0.5, 0.6) is 5.75 Å². The van der Waals surface area contributed by atoms with Gasteiger partial charge >= 0.3 is 0 Å². The van der Waals surface area contributed by atoms with Crippen LogP contribution in [0.15, 0.2) is 12.3 Å². The van der Waals surface area contributed by atoms with Crippen molar-refractivity contribution >= 4 is 50.8 Å². The minimum atomic E-state index is -0.566. The molecule has 2 heterocycles. The maximum absolute atomic E-state index is 10.4. The number of methoxy groups -OCH3 is 1. The van der Waals surface area contributed by atoms with Crippen LogP contribution < -0.4 is 4.74 Å². The first-order chi connectivity index (χ1) is 9.52. The van der Waals surface area contributed by atoms with E-state index in [2.05, 4.69) is 4.98 Å². The highest BCUT2D eigenvalue weighted by molar-refractivity contribution is 7.21. The Morgan fingerprint density at radius 3 is 2.95 bits per heavy atom. The number of pyridine rings is 1. The lowest BCUT2D eigenvalue weighted by atomic mass is 10.3. The minimum absolute atomic E-state index is 0.0467. The van der Waals surface area contributed by atoms with Gasteiger partial charge in [0, 0.05) is 19.3 Å². The van der Waals surface area contributed by atoms with Crippen molar-refractivity contribution in [1.29, 1.82) is 0 Å². The molecule has 0 atom stereocenters. The van der Waals surface area contributed by atoms with E-state index < -0.39 is 4.92 Å². The van der Waals surface area contributed by atoms with Crippen LogP contribution in [0.25, 0.3) is 16.3 Å². The summed E-state index contributed by atoms with van der Waals surface area (Å²) < 4.78 is 10.9. The molecular weight excluding hydrogens is 327 g/mol. The number of thiophene rings is 1. The van der Waals surface area contributed by atoms with E-state index in [1.165, 1.54) is 30.6 Å². The molecule has 0 unspecified atom stereocenters. The maximum Gasteiger partial charge on any atom is 0.235 e. The van der Waals surface area contributed by atoms with Gasteiger partial charge in [-0.1, -0.05) is 23.2 Å². The number of hydrogen-bond donors (Lipinski definition) is 0. The van der Waals surface area contributed by atoms with Crippen LogP contribution in [-0.4, -0.2) is 23.8 Å². The Hall–Kier alpha value is -1.41. The number of nitro groups is 1.